The van der Waals surface area contributed by atoms with Crippen molar-refractivity contribution in [2.24, 2.45) is 10.9 Å². The summed E-state index contributed by atoms with van der Waals surface area (Å²) in [6.45, 7) is 10.7. The number of hydrogen-bond acceptors (Lipinski definition) is 3. The fourth-order valence-corrected chi connectivity index (χ4v) is 2.78. The minimum Gasteiger partial charge on any atom is -0.379 e. The van der Waals surface area contributed by atoms with Gasteiger partial charge in [0.15, 0.2) is 5.96 Å². The van der Waals surface area contributed by atoms with Crippen molar-refractivity contribution in [3.63, 3.8) is 0 Å². The highest BCUT2D eigenvalue weighted by Crippen LogP contribution is 2.21. The Labute approximate surface area is 180 Å². The van der Waals surface area contributed by atoms with Crippen LogP contribution in [0.15, 0.2) is 29.3 Å². The molecule has 0 unspecified atom stereocenters. The Morgan fingerprint density at radius 2 is 2.00 bits per heavy atom. The highest BCUT2D eigenvalue weighted by Gasteiger charge is 2.21. The highest BCUT2D eigenvalue weighted by atomic mass is 127. The van der Waals surface area contributed by atoms with E-state index in [4.69, 9.17) is 4.74 Å². The number of nitrogens with one attached hydrogen (secondary N) is 2. The van der Waals surface area contributed by atoms with Gasteiger partial charge in [0.05, 0.1) is 13.2 Å². The summed E-state index contributed by atoms with van der Waals surface area (Å²) in [4.78, 5) is 18.3. The van der Waals surface area contributed by atoms with E-state index in [9.17, 15) is 4.79 Å². The zero-order valence-electron chi connectivity index (χ0n) is 16.7. The molecule has 2 N–H and O–H groups in total. The molecule has 1 aliphatic rings. The van der Waals surface area contributed by atoms with Crippen molar-refractivity contribution in [3.8, 4) is 0 Å². The van der Waals surface area contributed by atoms with Crippen LogP contribution < -0.4 is 15.5 Å². The number of carbonyl (C=O) groups excluding carboxylic acids is 1. The van der Waals surface area contributed by atoms with Gasteiger partial charge in [-0.1, -0.05) is 26.0 Å². The summed E-state index contributed by atoms with van der Waals surface area (Å²) in [7, 11) is 0. The van der Waals surface area contributed by atoms with Gasteiger partial charge in [-0.3, -0.25) is 4.79 Å². The fraction of sp³-hybridized carbons (Fsp3) is 0.600. The predicted molar refractivity (Wildman–Crippen MR) is 122 cm³/mol. The van der Waals surface area contributed by atoms with Crippen LogP contribution in [0.2, 0.25) is 0 Å². The maximum Gasteiger partial charge on any atom is 0.227 e. The average molecular weight is 488 g/mol. The summed E-state index contributed by atoms with van der Waals surface area (Å²) in [6, 6.07) is 8.10. The van der Waals surface area contributed by atoms with Gasteiger partial charge in [-0.15, -0.1) is 24.0 Å². The molecule has 2 rings (SSSR count). The molecule has 1 fully saturated rings. The fourth-order valence-electron chi connectivity index (χ4n) is 2.78. The summed E-state index contributed by atoms with van der Waals surface area (Å²) < 4.78 is 5.58. The Morgan fingerprint density at radius 1 is 1.26 bits per heavy atom. The standard InChI is InChI=1S/C20H32N4O2.HI/c1-4-21-20(22-11-13-26-15-16(2)3)23-14-17-7-9-18(10-8-17)24-12-5-6-19(24)25;/h7-10,16H,4-6,11-15H2,1-3H3,(H2,21,22,23);1H. The monoisotopic (exact) mass is 488 g/mol. The largest absolute Gasteiger partial charge is 0.379 e. The number of hydrogen-bond donors (Lipinski definition) is 2. The third-order valence-electron chi connectivity index (χ3n) is 4.08. The highest BCUT2D eigenvalue weighted by molar-refractivity contribution is 14.0. The topological polar surface area (TPSA) is 66.0 Å². The number of rotatable bonds is 9. The molecule has 27 heavy (non-hydrogen) atoms. The molecule has 0 radical (unpaired) electrons. The van der Waals surface area contributed by atoms with E-state index in [1.54, 1.807) is 0 Å². The Bertz CT molecular complexity index is 590. The van der Waals surface area contributed by atoms with E-state index in [2.05, 4.69) is 29.5 Å². The van der Waals surface area contributed by atoms with Crippen LogP contribution in [0.4, 0.5) is 5.69 Å². The van der Waals surface area contributed by atoms with E-state index in [1.165, 1.54) is 0 Å². The van der Waals surface area contributed by atoms with Crippen molar-refractivity contribution < 1.29 is 9.53 Å². The Hall–Kier alpha value is -1.35. The van der Waals surface area contributed by atoms with Gasteiger partial charge < -0.3 is 20.3 Å². The van der Waals surface area contributed by atoms with E-state index in [0.717, 1.165) is 49.9 Å². The number of amides is 1. The first-order valence-electron chi connectivity index (χ1n) is 9.59. The second-order valence-electron chi connectivity index (χ2n) is 6.91. The second-order valence-corrected chi connectivity index (χ2v) is 6.91. The molecule has 0 atom stereocenters. The lowest BCUT2D eigenvalue weighted by Crippen LogP contribution is -2.39. The van der Waals surface area contributed by atoms with Crippen LogP contribution in [0.5, 0.6) is 0 Å². The minimum absolute atomic E-state index is 0. The van der Waals surface area contributed by atoms with Gasteiger partial charge in [0.25, 0.3) is 0 Å². The van der Waals surface area contributed by atoms with Gasteiger partial charge in [0, 0.05) is 38.3 Å². The van der Waals surface area contributed by atoms with Crippen LogP contribution in [-0.4, -0.2) is 44.7 Å². The molecule has 1 amide bonds. The van der Waals surface area contributed by atoms with Gasteiger partial charge in [0.2, 0.25) is 5.91 Å². The van der Waals surface area contributed by atoms with Gasteiger partial charge in [-0.2, -0.15) is 0 Å². The Balaban J connectivity index is 0.00000364. The Morgan fingerprint density at radius 3 is 2.59 bits per heavy atom. The number of carbonyl (C=O) groups is 1. The lowest BCUT2D eigenvalue weighted by molar-refractivity contribution is -0.117. The molecule has 7 heteroatoms. The van der Waals surface area contributed by atoms with Gasteiger partial charge in [0.1, 0.15) is 0 Å². The van der Waals surface area contributed by atoms with Crippen molar-refractivity contribution in [2.75, 3.05) is 37.7 Å². The SMILES string of the molecule is CCNC(=NCc1ccc(N2CCCC2=O)cc1)NCCOCC(C)C.I. The Kier molecular flexibility index (Phi) is 11.3. The maximum atomic E-state index is 11.8. The second kappa shape index (κ2) is 12.9. The summed E-state index contributed by atoms with van der Waals surface area (Å²) in [5.41, 5.74) is 2.10. The molecule has 1 heterocycles. The van der Waals surface area contributed by atoms with Crippen LogP contribution in [0.1, 0.15) is 39.2 Å². The van der Waals surface area contributed by atoms with Crippen molar-refractivity contribution in [2.45, 2.75) is 40.2 Å². The quantitative estimate of drug-likeness (QED) is 0.243. The molecule has 152 valence electrons. The molecular weight excluding hydrogens is 455 g/mol. The lowest BCUT2D eigenvalue weighted by atomic mass is 10.2. The third-order valence-corrected chi connectivity index (χ3v) is 4.08. The van der Waals surface area contributed by atoms with Crippen molar-refractivity contribution in [3.05, 3.63) is 29.8 Å². The number of halogens is 1. The first-order valence-corrected chi connectivity index (χ1v) is 9.59. The molecule has 6 nitrogen and oxygen atoms in total. The number of benzene rings is 1. The smallest absolute Gasteiger partial charge is 0.227 e. The van der Waals surface area contributed by atoms with Crippen LogP contribution in [0.3, 0.4) is 0 Å². The number of anilines is 1. The summed E-state index contributed by atoms with van der Waals surface area (Å²) in [5.74, 6) is 1.56. The van der Waals surface area contributed by atoms with E-state index < -0.39 is 0 Å². The number of ether oxygens (including phenoxy) is 1. The molecule has 0 saturated carbocycles. The molecule has 0 bridgehead atoms. The lowest BCUT2D eigenvalue weighted by Gasteiger charge is -2.16. The average Bonchev–Trinajstić information content (AvgIpc) is 3.05. The normalized spacial score (nSPS) is 14.4. The van der Waals surface area contributed by atoms with Crippen LogP contribution in [-0.2, 0) is 16.1 Å². The van der Waals surface area contributed by atoms with E-state index in [1.807, 2.05) is 36.1 Å². The van der Waals surface area contributed by atoms with Gasteiger partial charge in [-0.05, 0) is 37.0 Å². The molecule has 0 spiro atoms. The van der Waals surface area contributed by atoms with Crippen LogP contribution >= 0.6 is 24.0 Å². The van der Waals surface area contributed by atoms with Crippen LogP contribution in [0.25, 0.3) is 0 Å². The molecule has 0 aromatic heterocycles. The molecule has 1 aliphatic heterocycles. The summed E-state index contributed by atoms with van der Waals surface area (Å²) in [6.07, 6.45) is 1.61. The maximum absolute atomic E-state index is 11.8. The first-order chi connectivity index (χ1) is 12.6. The summed E-state index contributed by atoms with van der Waals surface area (Å²) >= 11 is 0. The third kappa shape index (κ3) is 8.47. The molecule has 1 aromatic carbocycles. The number of guanidine groups is 1. The first kappa shape index (κ1) is 23.7. The molecule has 0 aliphatic carbocycles. The summed E-state index contributed by atoms with van der Waals surface area (Å²) in [5, 5.41) is 6.53. The van der Waals surface area contributed by atoms with E-state index in [0.29, 0.717) is 25.5 Å². The predicted octanol–water partition coefficient (Wildman–Crippen LogP) is 3.16. The zero-order chi connectivity index (χ0) is 18.8. The van der Waals surface area contributed by atoms with Gasteiger partial charge in [-0.25, -0.2) is 4.99 Å². The minimum atomic E-state index is 0. The van der Waals surface area contributed by atoms with Crippen molar-refractivity contribution in [1.82, 2.24) is 10.6 Å². The zero-order valence-corrected chi connectivity index (χ0v) is 19.0. The van der Waals surface area contributed by atoms with Crippen molar-refractivity contribution in [1.29, 1.82) is 0 Å². The van der Waals surface area contributed by atoms with Crippen LogP contribution in [0, 0.1) is 5.92 Å². The number of aliphatic imine (C=N–C) groups is 1. The van der Waals surface area contributed by atoms with Crippen molar-refractivity contribution >= 4 is 41.5 Å². The van der Waals surface area contributed by atoms with E-state index >= 15 is 0 Å². The van der Waals surface area contributed by atoms with E-state index in [-0.39, 0.29) is 29.9 Å². The van der Waals surface area contributed by atoms with Gasteiger partial charge >= 0.3 is 0 Å². The molecular formula is C20H33IN4O2. The molecule has 1 saturated heterocycles. The number of nitrogens with zero attached hydrogens (tertiary/aromatic N) is 2. The molecule has 1 aromatic rings.